The number of benzene rings is 1. The summed E-state index contributed by atoms with van der Waals surface area (Å²) in [6.07, 6.45) is 2.66. The third-order valence-electron chi connectivity index (χ3n) is 3.85. The van der Waals surface area contributed by atoms with Crippen molar-refractivity contribution < 1.29 is 19.1 Å². The molecule has 0 aromatic heterocycles. The van der Waals surface area contributed by atoms with Crippen molar-refractivity contribution in [1.29, 1.82) is 0 Å². The Morgan fingerprint density at radius 2 is 1.90 bits per heavy atom. The Hall–Kier alpha value is -1.91. The predicted molar refractivity (Wildman–Crippen MR) is 70.2 cm³/mol. The predicted octanol–water partition coefficient (Wildman–Crippen LogP) is 1.63. The lowest BCUT2D eigenvalue weighted by Gasteiger charge is -2.31. The maximum absolute atomic E-state index is 13.0. The summed E-state index contributed by atoms with van der Waals surface area (Å²) in [6, 6.07) is 4.08. The number of carbonyl (C=O) groups is 2. The molecular formula is C15H17FNO3-. The number of carboxylic acid groups (broad SMARTS) is 1. The van der Waals surface area contributed by atoms with Gasteiger partial charge in [-0.2, -0.15) is 0 Å². The van der Waals surface area contributed by atoms with Crippen molar-refractivity contribution in [3.05, 3.63) is 29.6 Å². The van der Waals surface area contributed by atoms with E-state index in [4.69, 9.17) is 0 Å². The number of carboxylic acids is 1. The number of amides is 1. The fourth-order valence-electron chi connectivity index (χ4n) is 2.72. The van der Waals surface area contributed by atoms with Crippen LogP contribution >= 0.6 is 0 Å². The fourth-order valence-corrected chi connectivity index (χ4v) is 2.72. The SMILES string of the molecule is Cc1cc(F)ccc1NC(=O)[C@@H]1CCCC[C@H]1C(=O)[O-]. The smallest absolute Gasteiger partial charge is 0.228 e. The molecule has 0 spiro atoms. The number of halogens is 1. The molecule has 0 heterocycles. The Morgan fingerprint density at radius 3 is 2.50 bits per heavy atom. The van der Waals surface area contributed by atoms with Crippen molar-refractivity contribution in [2.45, 2.75) is 32.6 Å². The van der Waals surface area contributed by atoms with Crippen molar-refractivity contribution >= 4 is 17.6 Å². The molecule has 1 aromatic carbocycles. The molecule has 0 aliphatic heterocycles. The molecule has 1 amide bonds. The molecule has 20 heavy (non-hydrogen) atoms. The van der Waals surface area contributed by atoms with E-state index in [1.807, 2.05) is 0 Å². The van der Waals surface area contributed by atoms with Gasteiger partial charge in [0.1, 0.15) is 5.82 Å². The van der Waals surface area contributed by atoms with Gasteiger partial charge in [-0.3, -0.25) is 4.79 Å². The van der Waals surface area contributed by atoms with Crippen LogP contribution in [0.3, 0.4) is 0 Å². The summed E-state index contributed by atoms with van der Waals surface area (Å²) in [5.74, 6) is -3.16. The summed E-state index contributed by atoms with van der Waals surface area (Å²) >= 11 is 0. The molecule has 1 fully saturated rings. The summed E-state index contributed by atoms with van der Waals surface area (Å²) in [7, 11) is 0. The molecule has 2 atom stereocenters. The van der Waals surface area contributed by atoms with Crippen molar-refractivity contribution in [2.24, 2.45) is 11.8 Å². The van der Waals surface area contributed by atoms with E-state index in [2.05, 4.69) is 5.32 Å². The summed E-state index contributed by atoms with van der Waals surface area (Å²) in [5, 5.41) is 13.8. The first-order valence-corrected chi connectivity index (χ1v) is 6.77. The first-order valence-electron chi connectivity index (χ1n) is 6.77. The van der Waals surface area contributed by atoms with Crippen LogP contribution in [-0.4, -0.2) is 11.9 Å². The van der Waals surface area contributed by atoms with E-state index in [9.17, 15) is 19.1 Å². The molecule has 2 rings (SSSR count). The molecule has 0 unspecified atom stereocenters. The molecular weight excluding hydrogens is 261 g/mol. The summed E-state index contributed by atoms with van der Waals surface area (Å²) in [4.78, 5) is 23.3. The average Bonchev–Trinajstić information content (AvgIpc) is 2.41. The molecule has 1 aromatic rings. The normalized spacial score (nSPS) is 22.3. The number of aryl methyl sites for hydroxylation is 1. The van der Waals surface area contributed by atoms with E-state index in [1.165, 1.54) is 18.2 Å². The summed E-state index contributed by atoms with van der Waals surface area (Å²) < 4.78 is 13.0. The van der Waals surface area contributed by atoms with E-state index in [1.54, 1.807) is 6.92 Å². The summed E-state index contributed by atoms with van der Waals surface area (Å²) in [5.41, 5.74) is 1.12. The van der Waals surface area contributed by atoms with Crippen LogP contribution in [0.15, 0.2) is 18.2 Å². The van der Waals surface area contributed by atoms with Crippen LogP contribution < -0.4 is 10.4 Å². The summed E-state index contributed by atoms with van der Waals surface area (Å²) in [6.45, 7) is 1.69. The van der Waals surface area contributed by atoms with Gasteiger partial charge < -0.3 is 15.2 Å². The Labute approximate surface area is 117 Å². The number of hydrogen-bond donors (Lipinski definition) is 1. The highest BCUT2D eigenvalue weighted by Crippen LogP contribution is 2.31. The largest absolute Gasteiger partial charge is 0.550 e. The first-order chi connectivity index (χ1) is 9.49. The van der Waals surface area contributed by atoms with Crippen molar-refractivity contribution in [1.82, 2.24) is 0 Å². The quantitative estimate of drug-likeness (QED) is 0.913. The van der Waals surface area contributed by atoms with Crippen LogP contribution in [0, 0.1) is 24.6 Å². The lowest BCUT2D eigenvalue weighted by Crippen LogP contribution is -2.42. The zero-order valence-corrected chi connectivity index (χ0v) is 11.3. The van der Waals surface area contributed by atoms with Gasteiger partial charge >= 0.3 is 0 Å². The van der Waals surface area contributed by atoms with Crippen LogP contribution in [0.4, 0.5) is 10.1 Å². The Balaban J connectivity index is 2.12. The Kier molecular flexibility index (Phi) is 4.37. The molecule has 1 N–H and O–H groups in total. The molecule has 0 bridgehead atoms. The van der Waals surface area contributed by atoms with Crippen molar-refractivity contribution in [3.8, 4) is 0 Å². The lowest BCUT2D eigenvalue weighted by atomic mass is 9.78. The molecule has 0 saturated heterocycles. The zero-order chi connectivity index (χ0) is 14.7. The number of nitrogens with one attached hydrogen (secondary N) is 1. The van der Waals surface area contributed by atoms with Gasteiger partial charge in [-0.1, -0.05) is 12.8 Å². The number of rotatable bonds is 3. The molecule has 1 aliphatic carbocycles. The van der Waals surface area contributed by atoms with Gasteiger partial charge in [0, 0.05) is 23.5 Å². The van der Waals surface area contributed by atoms with Gasteiger partial charge in [-0.05, 0) is 43.5 Å². The van der Waals surface area contributed by atoms with E-state index >= 15 is 0 Å². The third-order valence-corrected chi connectivity index (χ3v) is 3.85. The topological polar surface area (TPSA) is 69.2 Å². The van der Waals surface area contributed by atoms with Crippen LogP contribution in [0.1, 0.15) is 31.2 Å². The number of hydrogen-bond acceptors (Lipinski definition) is 3. The Bertz CT molecular complexity index is 530. The van der Waals surface area contributed by atoms with Crippen LogP contribution in [0.25, 0.3) is 0 Å². The second kappa shape index (κ2) is 6.03. The molecule has 108 valence electrons. The average molecular weight is 278 g/mol. The number of aliphatic carboxylic acids is 1. The van der Waals surface area contributed by atoms with Gasteiger partial charge in [0.05, 0.1) is 0 Å². The fraction of sp³-hybridized carbons (Fsp3) is 0.467. The monoisotopic (exact) mass is 278 g/mol. The van der Waals surface area contributed by atoms with Gasteiger partial charge in [-0.15, -0.1) is 0 Å². The maximum Gasteiger partial charge on any atom is 0.228 e. The zero-order valence-electron chi connectivity index (χ0n) is 11.3. The van der Waals surface area contributed by atoms with Gasteiger partial charge in [0.2, 0.25) is 5.91 Å². The third kappa shape index (κ3) is 3.15. The highest BCUT2D eigenvalue weighted by Gasteiger charge is 2.31. The van der Waals surface area contributed by atoms with Crippen molar-refractivity contribution in [3.63, 3.8) is 0 Å². The minimum absolute atomic E-state index is 0.325. The molecule has 1 aliphatic rings. The minimum Gasteiger partial charge on any atom is -0.550 e. The van der Waals surface area contributed by atoms with E-state index in [-0.39, 0.29) is 11.7 Å². The standard InChI is InChI=1S/C15H18FNO3/c1-9-8-10(16)6-7-13(9)17-14(18)11-4-2-3-5-12(11)15(19)20/h6-8,11-12H,2-5H2,1H3,(H,17,18)(H,19,20)/p-1/t11-,12-/m1/s1. The first kappa shape index (κ1) is 14.5. The van der Waals surface area contributed by atoms with E-state index in [0.29, 0.717) is 24.1 Å². The second-order valence-electron chi connectivity index (χ2n) is 5.26. The van der Waals surface area contributed by atoms with Crippen LogP contribution in [0.2, 0.25) is 0 Å². The number of carbonyl (C=O) groups excluding carboxylic acids is 2. The van der Waals surface area contributed by atoms with Crippen LogP contribution in [-0.2, 0) is 9.59 Å². The maximum atomic E-state index is 13.0. The van der Waals surface area contributed by atoms with Gasteiger partial charge in [0.25, 0.3) is 0 Å². The van der Waals surface area contributed by atoms with E-state index < -0.39 is 17.8 Å². The van der Waals surface area contributed by atoms with Crippen LogP contribution in [0.5, 0.6) is 0 Å². The van der Waals surface area contributed by atoms with E-state index in [0.717, 1.165) is 12.8 Å². The Morgan fingerprint density at radius 1 is 1.25 bits per heavy atom. The lowest BCUT2D eigenvalue weighted by molar-refractivity contribution is -0.313. The minimum atomic E-state index is -1.17. The van der Waals surface area contributed by atoms with Gasteiger partial charge in [0.15, 0.2) is 0 Å². The number of anilines is 1. The van der Waals surface area contributed by atoms with Crippen molar-refractivity contribution in [2.75, 3.05) is 5.32 Å². The molecule has 5 heteroatoms. The molecule has 0 radical (unpaired) electrons. The molecule has 1 saturated carbocycles. The highest BCUT2D eigenvalue weighted by atomic mass is 19.1. The molecule has 4 nitrogen and oxygen atoms in total. The highest BCUT2D eigenvalue weighted by molar-refractivity contribution is 5.95. The second-order valence-corrected chi connectivity index (χ2v) is 5.26. The van der Waals surface area contributed by atoms with Gasteiger partial charge in [-0.25, -0.2) is 4.39 Å².